The Kier molecular flexibility index (Phi) is 4.37. The van der Waals surface area contributed by atoms with Gasteiger partial charge in [0, 0.05) is 17.4 Å². The van der Waals surface area contributed by atoms with Crippen LogP contribution in [0.15, 0.2) is 88.8 Å². The Balaban J connectivity index is 1.74. The number of aromatic nitrogens is 2. The molecule has 0 amide bonds. The molecule has 1 heterocycles. The lowest BCUT2D eigenvalue weighted by Gasteiger charge is -2.07. The molecule has 7 heteroatoms. The van der Waals surface area contributed by atoms with Gasteiger partial charge in [-0.1, -0.05) is 54.1 Å². The Morgan fingerprint density at radius 2 is 1.56 bits per heavy atom. The van der Waals surface area contributed by atoms with Gasteiger partial charge in [-0.05, 0) is 40.6 Å². The van der Waals surface area contributed by atoms with Crippen LogP contribution in [0.1, 0.15) is 5.56 Å². The van der Waals surface area contributed by atoms with Crippen molar-refractivity contribution in [3.05, 3.63) is 100 Å². The van der Waals surface area contributed by atoms with Crippen molar-refractivity contribution in [1.29, 1.82) is 0 Å². The molecule has 1 aromatic heterocycles. The molecule has 136 valence electrons. The molecule has 0 radical (unpaired) electrons. The van der Waals surface area contributed by atoms with E-state index in [0.29, 0.717) is 5.02 Å². The minimum Gasteiger partial charge on any atom is -0.294 e. The lowest BCUT2D eigenvalue weighted by atomic mass is 10.0. The highest BCUT2D eigenvalue weighted by Gasteiger charge is 2.20. The lowest BCUT2D eigenvalue weighted by molar-refractivity contribution is 0.583. The zero-order valence-corrected chi connectivity index (χ0v) is 15.7. The maximum absolute atomic E-state index is 12.8. The second-order valence-electron chi connectivity index (χ2n) is 6.10. The fourth-order valence-corrected chi connectivity index (χ4v) is 4.39. The molecule has 0 saturated carbocycles. The standard InChI is InChI=1S/C20H15ClN2O3S/c21-17-8-10-18(11-9-17)27(25,26)23-13-12-22(20(23)24)14-16-6-3-5-15-4-1-2-7-19(15)16/h1-13H,14H2. The Morgan fingerprint density at radius 1 is 0.852 bits per heavy atom. The molecule has 0 N–H and O–H groups in total. The number of imidazole rings is 1. The van der Waals surface area contributed by atoms with Crippen LogP contribution >= 0.6 is 11.6 Å². The highest BCUT2D eigenvalue weighted by molar-refractivity contribution is 7.90. The van der Waals surface area contributed by atoms with Crippen LogP contribution in [0.4, 0.5) is 0 Å². The molecule has 0 fully saturated rings. The number of hydrogen-bond acceptors (Lipinski definition) is 3. The van der Waals surface area contributed by atoms with Gasteiger partial charge < -0.3 is 0 Å². The van der Waals surface area contributed by atoms with Crippen LogP contribution in [0.2, 0.25) is 5.02 Å². The molecule has 3 aromatic carbocycles. The lowest BCUT2D eigenvalue weighted by Crippen LogP contribution is -2.29. The van der Waals surface area contributed by atoms with Crippen molar-refractivity contribution in [3.63, 3.8) is 0 Å². The maximum Gasteiger partial charge on any atom is 0.342 e. The topological polar surface area (TPSA) is 61.1 Å². The third-order valence-electron chi connectivity index (χ3n) is 4.41. The molecule has 0 aliphatic heterocycles. The van der Waals surface area contributed by atoms with Crippen molar-refractivity contribution in [3.8, 4) is 0 Å². The smallest absolute Gasteiger partial charge is 0.294 e. The number of benzene rings is 3. The Bertz CT molecular complexity index is 1280. The van der Waals surface area contributed by atoms with Crippen LogP contribution in [-0.4, -0.2) is 17.0 Å². The first-order chi connectivity index (χ1) is 13.0. The highest BCUT2D eigenvalue weighted by atomic mass is 35.5. The molecule has 0 aliphatic carbocycles. The maximum atomic E-state index is 12.8. The van der Waals surface area contributed by atoms with Crippen LogP contribution < -0.4 is 5.69 Å². The van der Waals surface area contributed by atoms with E-state index in [1.165, 1.54) is 41.2 Å². The summed E-state index contributed by atoms with van der Waals surface area (Å²) in [6.07, 6.45) is 2.76. The normalized spacial score (nSPS) is 11.7. The number of nitrogens with zero attached hydrogens (tertiary/aromatic N) is 2. The number of fused-ring (bicyclic) bond motifs is 1. The van der Waals surface area contributed by atoms with Crippen LogP contribution in [0, 0.1) is 0 Å². The number of halogens is 1. The molecule has 4 aromatic rings. The van der Waals surface area contributed by atoms with Gasteiger partial charge in [-0.2, -0.15) is 3.97 Å². The Labute approximate surface area is 161 Å². The SMILES string of the molecule is O=c1n(Cc2cccc3ccccc23)ccn1S(=O)(=O)c1ccc(Cl)cc1. The summed E-state index contributed by atoms with van der Waals surface area (Å²) in [7, 11) is -3.98. The van der Waals surface area contributed by atoms with Gasteiger partial charge in [-0.15, -0.1) is 0 Å². The molecule has 0 bridgehead atoms. The van der Waals surface area contributed by atoms with Gasteiger partial charge >= 0.3 is 5.69 Å². The third kappa shape index (κ3) is 3.18. The van der Waals surface area contributed by atoms with Gasteiger partial charge in [0.1, 0.15) is 0 Å². The first-order valence-corrected chi connectivity index (χ1v) is 10.0. The summed E-state index contributed by atoms with van der Waals surface area (Å²) in [5.41, 5.74) is 0.328. The van der Waals surface area contributed by atoms with E-state index in [0.717, 1.165) is 20.3 Å². The van der Waals surface area contributed by atoms with Gasteiger partial charge in [0.2, 0.25) is 0 Å². The average molecular weight is 399 g/mol. The molecule has 0 saturated heterocycles. The van der Waals surface area contributed by atoms with E-state index in [1.807, 2.05) is 42.5 Å². The molecule has 0 aliphatic rings. The second kappa shape index (κ2) is 6.72. The Morgan fingerprint density at radius 3 is 2.33 bits per heavy atom. The van der Waals surface area contributed by atoms with E-state index in [4.69, 9.17) is 11.6 Å². The van der Waals surface area contributed by atoms with Gasteiger partial charge in [0.25, 0.3) is 10.0 Å². The number of hydrogen-bond donors (Lipinski definition) is 0. The molecule has 0 spiro atoms. The third-order valence-corrected chi connectivity index (χ3v) is 6.32. The van der Waals surface area contributed by atoms with E-state index < -0.39 is 15.7 Å². The predicted octanol–water partition coefficient (Wildman–Crippen LogP) is 3.74. The van der Waals surface area contributed by atoms with Crippen LogP contribution in [0.25, 0.3) is 10.8 Å². The average Bonchev–Trinajstić information content (AvgIpc) is 3.04. The zero-order chi connectivity index (χ0) is 19.0. The largest absolute Gasteiger partial charge is 0.342 e. The van der Waals surface area contributed by atoms with E-state index in [2.05, 4.69) is 0 Å². The molecule has 0 atom stereocenters. The molecule has 4 rings (SSSR count). The molecule has 5 nitrogen and oxygen atoms in total. The zero-order valence-electron chi connectivity index (χ0n) is 14.1. The minimum atomic E-state index is -3.98. The molecular weight excluding hydrogens is 384 g/mol. The molecule has 27 heavy (non-hydrogen) atoms. The van der Waals surface area contributed by atoms with Gasteiger partial charge in [0.05, 0.1) is 11.4 Å². The quantitative estimate of drug-likeness (QED) is 0.526. The minimum absolute atomic E-state index is 0.0110. The van der Waals surface area contributed by atoms with Crippen LogP contribution in [0.3, 0.4) is 0 Å². The van der Waals surface area contributed by atoms with Crippen molar-refractivity contribution in [2.75, 3.05) is 0 Å². The predicted molar refractivity (Wildman–Crippen MR) is 106 cm³/mol. The fourth-order valence-electron chi connectivity index (χ4n) is 3.03. The number of rotatable bonds is 4. The van der Waals surface area contributed by atoms with Crippen molar-refractivity contribution in [2.24, 2.45) is 0 Å². The van der Waals surface area contributed by atoms with E-state index in [9.17, 15) is 13.2 Å². The van der Waals surface area contributed by atoms with Crippen molar-refractivity contribution in [2.45, 2.75) is 11.4 Å². The van der Waals surface area contributed by atoms with E-state index in [-0.39, 0.29) is 11.4 Å². The Hall–Kier alpha value is -2.83. The van der Waals surface area contributed by atoms with Crippen molar-refractivity contribution >= 4 is 32.4 Å². The summed E-state index contributed by atoms with van der Waals surface area (Å²) in [6, 6.07) is 19.4. The first-order valence-electron chi connectivity index (χ1n) is 8.22. The fraction of sp³-hybridized carbons (Fsp3) is 0.0500. The van der Waals surface area contributed by atoms with Crippen molar-refractivity contribution < 1.29 is 8.42 Å². The highest BCUT2D eigenvalue weighted by Crippen LogP contribution is 2.20. The van der Waals surface area contributed by atoms with Gasteiger partial charge in [-0.25, -0.2) is 13.2 Å². The summed E-state index contributed by atoms with van der Waals surface area (Å²) >= 11 is 5.81. The van der Waals surface area contributed by atoms with Crippen molar-refractivity contribution in [1.82, 2.24) is 8.54 Å². The molecular formula is C20H15ClN2O3S. The monoisotopic (exact) mass is 398 g/mol. The summed E-state index contributed by atoms with van der Waals surface area (Å²) in [4.78, 5) is 12.7. The van der Waals surface area contributed by atoms with Gasteiger partial charge in [0.15, 0.2) is 0 Å². The second-order valence-corrected chi connectivity index (χ2v) is 8.35. The first kappa shape index (κ1) is 17.6. The van der Waals surface area contributed by atoms with Crippen LogP contribution in [-0.2, 0) is 16.6 Å². The summed E-state index contributed by atoms with van der Waals surface area (Å²) in [5, 5.41) is 2.52. The van der Waals surface area contributed by atoms with Gasteiger partial charge in [-0.3, -0.25) is 4.57 Å². The van der Waals surface area contributed by atoms with E-state index in [1.54, 1.807) is 0 Å². The summed E-state index contributed by atoms with van der Waals surface area (Å²) in [6.45, 7) is 0.281. The molecule has 0 unspecified atom stereocenters. The summed E-state index contributed by atoms with van der Waals surface area (Å²) in [5.74, 6) is 0. The summed E-state index contributed by atoms with van der Waals surface area (Å²) < 4.78 is 27.6. The van der Waals surface area contributed by atoms with Crippen LogP contribution in [0.5, 0.6) is 0 Å². The van der Waals surface area contributed by atoms with E-state index >= 15 is 0 Å².